The Hall–Kier alpha value is -1.59. The van der Waals surface area contributed by atoms with Crippen LogP contribution in [0.4, 0.5) is 0 Å². The highest BCUT2D eigenvalue weighted by molar-refractivity contribution is 5.97. The van der Waals surface area contributed by atoms with Gasteiger partial charge in [-0.05, 0) is 58.6 Å². The smallest absolute Gasteiger partial charge is 0.257 e. The van der Waals surface area contributed by atoms with Gasteiger partial charge in [0.25, 0.3) is 5.91 Å². The quantitative estimate of drug-likeness (QED) is 0.831. The molecule has 5 heteroatoms. The van der Waals surface area contributed by atoms with Crippen molar-refractivity contribution in [3.05, 3.63) is 29.8 Å². The zero-order valence-electron chi connectivity index (χ0n) is 14.5. The largest absolute Gasteiger partial charge is 0.491 e. The van der Waals surface area contributed by atoms with Crippen LogP contribution in [0, 0.1) is 5.92 Å². The van der Waals surface area contributed by atoms with Crippen molar-refractivity contribution >= 4 is 5.91 Å². The topological polar surface area (TPSA) is 44.8 Å². The molecule has 2 rings (SSSR count). The molecule has 0 spiro atoms. The maximum absolute atomic E-state index is 12.8. The van der Waals surface area contributed by atoms with Gasteiger partial charge in [0.1, 0.15) is 12.4 Å². The standard InChI is InChI=1S/C18H29N3O2/c1-19-14-15-8-10-21(11-9-15)18(22)16-6-4-5-7-17(16)23-13-12-20(2)3/h4-7,15,19H,8-14H2,1-3H3. The Morgan fingerprint density at radius 2 is 2.00 bits per heavy atom. The lowest BCUT2D eigenvalue weighted by molar-refractivity contribution is 0.0686. The van der Waals surface area contributed by atoms with Crippen LogP contribution in [0.25, 0.3) is 0 Å². The molecule has 1 aliphatic rings. The molecule has 0 atom stereocenters. The van der Waals surface area contributed by atoms with Crippen LogP contribution in [0.3, 0.4) is 0 Å². The second-order valence-electron chi connectivity index (χ2n) is 6.44. The minimum absolute atomic E-state index is 0.0911. The second kappa shape index (κ2) is 8.89. The lowest BCUT2D eigenvalue weighted by Crippen LogP contribution is -2.40. The predicted molar refractivity (Wildman–Crippen MR) is 93.0 cm³/mol. The summed E-state index contributed by atoms with van der Waals surface area (Å²) in [6.07, 6.45) is 2.13. The minimum Gasteiger partial charge on any atom is -0.491 e. The molecule has 1 heterocycles. The number of hydrogen-bond donors (Lipinski definition) is 1. The fraction of sp³-hybridized carbons (Fsp3) is 0.611. The second-order valence-corrected chi connectivity index (χ2v) is 6.44. The molecule has 1 aromatic carbocycles. The lowest BCUT2D eigenvalue weighted by atomic mass is 9.96. The van der Waals surface area contributed by atoms with Gasteiger partial charge in [0.05, 0.1) is 5.56 Å². The molecule has 1 N–H and O–H groups in total. The van der Waals surface area contributed by atoms with Gasteiger partial charge in [-0.15, -0.1) is 0 Å². The van der Waals surface area contributed by atoms with Crippen molar-refractivity contribution in [1.82, 2.24) is 15.1 Å². The van der Waals surface area contributed by atoms with Crippen LogP contribution >= 0.6 is 0 Å². The van der Waals surface area contributed by atoms with Gasteiger partial charge >= 0.3 is 0 Å². The van der Waals surface area contributed by atoms with Gasteiger partial charge < -0.3 is 19.9 Å². The predicted octanol–water partition coefficient (Wildman–Crippen LogP) is 1.70. The van der Waals surface area contributed by atoms with E-state index in [1.165, 1.54) is 0 Å². The van der Waals surface area contributed by atoms with Gasteiger partial charge in [-0.25, -0.2) is 0 Å². The maximum atomic E-state index is 12.8. The van der Waals surface area contributed by atoms with Crippen LogP contribution in [-0.4, -0.2) is 69.6 Å². The summed E-state index contributed by atoms with van der Waals surface area (Å²) in [6.45, 7) is 4.11. The van der Waals surface area contributed by atoms with Gasteiger partial charge in [0.2, 0.25) is 0 Å². The Balaban J connectivity index is 1.96. The first kappa shape index (κ1) is 17.8. The fourth-order valence-electron chi connectivity index (χ4n) is 2.91. The van der Waals surface area contributed by atoms with E-state index in [4.69, 9.17) is 4.74 Å². The summed E-state index contributed by atoms with van der Waals surface area (Å²) in [5.41, 5.74) is 0.679. The van der Waals surface area contributed by atoms with Gasteiger partial charge in [0.15, 0.2) is 0 Å². The summed E-state index contributed by atoms with van der Waals surface area (Å²) in [5.74, 6) is 1.46. The van der Waals surface area contributed by atoms with Crippen LogP contribution < -0.4 is 10.1 Å². The fourth-order valence-corrected chi connectivity index (χ4v) is 2.91. The van der Waals surface area contributed by atoms with E-state index in [0.29, 0.717) is 23.8 Å². The molecule has 128 valence electrons. The molecular formula is C18H29N3O2. The summed E-state index contributed by atoms with van der Waals surface area (Å²) < 4.78 is 5.82. The first-order valence-corrected chi connectivity index (χ1v) is 8.42. The lowest BCUT2D eigenvalue weighted by Gasteiger charge is -2.32. The van der Waals surface area contributed by atoms with Gasteiger partial charge in [-0.2, -0.15) is 0 Å². The van der Waals surface area contributed by atoms with E-state index in [1.807, 2.05) is 50.3 Å². The molecule has 1 amide bonds. The Morgan fingerprint density at radius 1 is 1.30 bits per heavy atom. The number of likely N-dealkylation sites (N-methyl/N-ethyl adjacent to an activating group) is 1. The van der Waals surface area contributed by atoms with E-state index in [9.17, 15) is 4.79 Å². The Bertz CT molecular complexity index is 497. The highest BCUT2D eigenvalue weighted by Gasteiger charge is 2.25. The third-order valence-corrected chi connectivity index (χ3v) is 4.31. The first-order chi connectivity index (χ1) is 11.1. The van der Waals surface area contributed by atoms with Crippen molar-refractivity contribution in [2.45, 2.75) is 12.8 Å². The summed E-state index contributed by atoms with van der Waals surface area (Å²) in [6, 6.07) is 7.57. The van der Waals surface area contributed by atoms with Crippen LogP contribution in [0.5, 0.6) is 5.75 Å². The molecule has 0 aliphatic carbocycles. The number of para-hydroxylation sites is 1. The summed E-state index contributed by atoms with van der Waals surface area (Å²) in [4.78, 5) is 16.8. The van der Waals surface area contributed by atoms with Gasteiger partial charge in [-0.3, -0.25) is 4.79 Å². The molecule has 0 saturated carbocycles. The van der Waals surface area contributed by atoms with Gasteiger partial charge in [0, 0.05) is 19.6 Å². The average Bonchev–Trinajstić information content (AvgIpc) is 2.55. The van der Waals surface area contributed by atoms with E-state index < -0.39 is 0 Å². The van der Waals surface area contributed by atoms with Crippen LogP contribution in [0.1, 0.15) is 23.2 Å². The number of likely N-dealkylation sites (tertiary alicyclic amines) is 1. The number of amides is 1. The van der Waals surface area contributed by atoms with Crippen LogP contribution in [-0.2, 0) is 0 Å². The molecule has 5 nitrogen and oxygen atoms in total. The van der Waals surface area contributed by atoms with Crippen molar-refractivity contribution in [3.8, 4) is 5.75 Å². The molecule has 0 unspecified atom stereocenters. The number of nitrogens with zero attached hydrogens (tertiary/aromatic N) is 2. The van der Waals surface area contributed by atoms with Crippen molar-refractivity contribution in [3.63, 3.8) is 0 Å². The van der Waals surface area contributed by atoms with E-state index >= 15 is 0 Å². The molecule has 0 bridgehead atoms. The molecular weight excluding hydrogens is 290 g/mol. The number of carbonyl (C=O) groups excluding carboxylic acids is 1. The molecule has 0 aromatic heterocycles. The number of piperidine rings is 1. The van der Waals surface area contributed by atoms with E-state index in [0.717, 1.165) is 39.0 Å². The maximum Gasteiger partial charge on any atom is 0.257 e. The van der Waals surface area contributed by atoms with Crippen molar-refractivity contribution < 1.29 is 9.53 Å². The average molecular weight is 319 g/mol. The van der Waals surface area contributed by atoms with Gasteiger partial charge in [-0.1, -0.05) is 12.1 Å². The van der Waals surface area contributed by atoms with Crippen LogP contribution in [0.2, 0.25) is 0 Å². The molecule has 1 aromatic rings. The van der Waals surface area contributed by atoms with Crippen LogP contribution in [0.15, 0.2) is 24.3 Å². The zero-order chi connectivity index (χ0) is 16.7. The van der Waals surface area contributed by atoms with Crippen molar-refractivity contribution in [2.24, 2.45) is 5.92 Å². The normalized spacial score (nSPS) is 15.9. The van der Waals surface area contributed by atoms with E-state index in [1.54, 1.807) is 0 Å². The van der Waals surface area contributed by atoms with E-state index in [-0.39, 0.29) is 5.91 Å². The Morgan fingerprint density at radius 3 is 2.65 bits per heavy atom. The number of rotatable bonds is 7. The zero-order valence-corrected chi connectivity index (χ0v) is 14.5. The number of carbonyl (C=O) groups is 1. The molecule has 0 radical (unpaired) electrons. The first-order valence-electron chi connectivity index (χ1n) is 8.42. The number of nitrogens with one attached hydrogen (secondary N) is 1. The minimum atomic E-state index is 0.0911. The summed E-state index contributed by atoms with van der Waals surface area (Å²) in [7, 11) is 6.00. The van der Waals surface area contributed by atoms with Crippen molar-refractivity contribution in [2.75, 3.05) is 53.9 Å². The number of benzene rings is 1. The molecule has 23 heavy (non-hydrogen) atoms. The summed E-state index contributed by atoms with van der Waals surface area (Å²) >= 11 is 0. The Labute approximate surface area is 139 Å². The molecule has 1 fully saturated rings. The third kappa shape index (κ3) is 5.22. The SMILES string of the molecule is CNCC1CCN(C(=O)c2ccccc2OCCN(C)C)CC1. The summed E-state index contributed by atoms with van der Waals surface area (Å²) in [5, 5.41) is 3.23. The van der Waals surface area contributed by atoms with Crippen molar-refractivity contribution in [1.29, 1.82) is 0 Å². The van der Waals surface area contributed by atoms with E-state index in [2.05, 4.69) is 10.2 Å². The highest BCUT2D eigenvalue weighted by atomic mass is 16.5. The Kier molecular flexibility index (Phi) is 6.86. The number of hydrogen-bond acceptors (Lipinski definition) is 4. The number of ether oxygens (including phenoxy) is 1. The third-order valence-electron chi connectivity index (χ3n) is 4.31. The highest BCUT2D eigenvalue weighted by Crippen LogP contribution is 2.23. The molecule has 1 saturated heterocycles. The molecule has 1 aliphatic heterocycles. The monoisotopic (exact) mass is 319 g/mol.